The number of halogens is 2. The predicted molar refractivity (Wildman–Crippen MR) is 83.8 cm³/mol. The Balaban J connectivity index is 1.51. The van der Waals surface area contributed by atoms with E-state index in [0.29, 0.717) is 12.0 Å². The van der Waals surface area contributed by atoms with E-state index in [1.165, 1.54) is 6.42 Å². The highest BCUT2D eigenvalue weighted by atomic mass is 127. The predicted octanol–water partition coefficient (Wildman–Crippen LogP) is 1.45. The van der Waals surface area contributed by atoms with Gasteiger partial charge in [-0.25, -0.2) is 0 Å². The molecule has 0 aliphatic heterocycles. The van der Waals surface area contributed by atoms with Crippen LogP contribution in [0.1, 0.15) is 12.8 Å². The molecule has 6 aliphatic rings. The smallest absolute Gasteiger partial charge is 0.111 e. The molecule has 6 aliphatic carbocycles. The van der Waals surface area contributed by atoms with E-state index in [4.69, 9.17) is 10.0 Å². The summed E-state index contributed by atoms with van der Waals surface area (Å²) in [6.45, 7) is 0.411. The molecule has 0 aromatic heterocycles. The highest BCUT2D eigenvalue weighted by molar-refractivity contribution is 14.1. The summed E-state index contributed by atoms with van der Waals surface area (Å²) in [7, 11) is 0. The number of hydrogen-bond donors (Lipinski definition) is 2. The van der Waals surface area contributed by atoms with Crippen molar-refractivity contribution in [2.75, 3.05) is 6.61 Å². The third-order valence-electron chi connectivity index (χ3n) is 7.33. The first-order valence-electron chi connectivity index (χ1n) is 7.23. The minimum absolute atomic E-state index is 0.411. The van der Waals surface area contributed by atoms with Crippen LogP contribution in [0.2, 0.25) is 0 Å². The SMILES string of the molecule is [O-][NH+](O)OCC[C@]12[C@@H]3[C@H](I)[C@@H]4[C@H]5C[C@H]([C@@H]([C@H]53)[C@H]1I)[C@H]42. The van der Waals surface area contributed by atoms with Crippen LogP contribution in [0.25, 0.3) is 0 Å². The molecule has 0 saturated heterocycles. The average molecular weight is 489 g/mol. The molecule has 19 heavy (non-hydrogen) atoms. The van der Waals surface area contributed by atoms with Gasteiger partial charge in [-0.3, -0.25) is 0 Å². The lowest BCUT2D eigenvalue weighted by molar-refractivity contribution is -1.21. The van der Waals surface area contributed by atoms with Gasteiger partial charge >= 0.3 is 0 Å². The van der Waals surface area contributed by atoms with Crippen molar-refractivity contribution in [1.29, 1.82) is 0 Å². The van der Waals surface area contributed by atoms with Crippen molar-refractivity contribution in [1.82, 2.24) is 0 Å². The van der Waals surface area contributed by atoms with Gasteiger partial charge in [-0.15, -0.1) is 0 Å². The Labute approximate surface area is 139 Å². The number of nitrogens with one attached hydrogen (secondary N) is 1. The molecule has 0 aromatic carbocycles. The van der Waals surface area contributed by atoms with Gasteiger partial charge in [0, 0.05) is 7.85 Å². The van der Waals surface area contributed by atoms with Crippen LogP contribution in [0, 0.1) is 52.0 Å². The molecule has 6 heteroatoms. The normalized spacial score (nSPS) is 67.9. The Hall–Kier alpha value is 1.30. The summed E-state index contributed by atoms with van der Waals surface area (Å²) in [4.78, 5) is 4.87. The molecule has 6 saturated carbocycles. The van der Waals surface area contributed by atoms with Crippen molar-refractivity contribution in [3.63, 3.8) is 0 Å². The molecule has 6 fully saturated rings. The quantitative estimate of drug-likeness (QED) is 0.358. The van der Waals surface area contributed by atoms with Gasteiger partial charge < -0.3 is 5.21 Å². The van der Waals surface area contributed by atoms with Crippen molar-refractivity contribution in [2.45, 2.75) is 20.7 Å². The lowest BCUT2D eigenvalue weighted by Gasteiger charge is -2.42. The van der Waals surface area contributed by atoms with E-state index in [0.717, 1.165) is 55.7 Å². The van der Waals surface area contributed by atoms with Gasteiger partial charge in [0.05, 0.1) is 0 Å². The number of rotatable bonds is 4. The van der Waals surface area contributed by atoms with Gasteiger partial charge in [0.15, 0.2) is 0 Å². The highest BCUT2D eigenvalue weighted by Crippen LogP contribution is 2.89. The zero-order chi connectivity index (χ0) is 13.1. The fourth-order valence-corrected chi connectivity index (χ4v) is 11.8. The van der Waals surface area contributed by atoms with Crippen LogP contribution in [0.3, 0.4) is 0 Å². The van der Waals surface area contributed by atoms with Crippen LogP contribution in [0.15, 0.2) is 0 Å². The van der Waals surface area contributed by atoms with Crippen LogP contribution >= 0.6 is 45.2 Å². The Bertz CT molecular complexity index is 446. The molecule has 1 unspecified atom stereocenters. The zero-order valence-corrected chi connectivity index (χ0v) is 14.7. The molecule has 0 radical (unpaired) electrons. The van der Waals surface area contributed by atoms with E-state index in [2.05, 4.69) is 45.2 Å². The topological polar surface area (TPSA) is 57.0 Å². The van der Waals surface area contributed by atoms with Gasteiger partial charge in [0.2, 0.25) is 0 Å². The molecule has 0 spiro atoms. The second kappa shape index (κ2) is 3.79. The molecule has 2 N–H and O–H groups in total. The minimum atomic E-state index is -1.11. The van der Waals surface area contributed by atoms with Crippen LogP contribution in [-0.4, -0.2) is 19.7 Å². The van der Waals surface area contributed by atoms with E-state index >= 15 is 0 Å². The molecule has 6 bridgehead atoms. The van der Waals surface area contributed by atoms with E-state index in [-0.39, 0.29) is 0 Å². The fraction of sp³-hybridized carbons (Fsp3) is 1.00. The average Bonchev–Trinajstić information content (AvgIpc) is 3.05. The van der Waals surface area contributed by atoms with Crippen molar-refractivity contribution in [3.05, 3.63) is 5.21 Å². The van der Waals surface area contributed by atoms with Gasteiger partial charge in [0.25, 0.3) is 0 Å². The molecule has 6 rings (SSSR count). The summed E-state index contributed by atoms with van der Waals surface area (Å²) in [5.74, 6) is 6.68. The summed E-state index contributed by atoms with van der Waals surface area (Å²) in [5, 5.41) is 18.2. The van der Waals surface area contributed by atoms with E-state index in [9.17, 15) is 5.21 Å². The molecule has 0 amide bonds. The highest BCUT2D eigenvalue weighted by Gasteiger charge is 2.87. The maximum absolute atomic E-state index is 10.6. The van der Waals surface area contributed by atoms with Crippen LogP contribution in [0.5, 0.6) is 0 Å². The van der Waals surface area contributed by atoms with E-state index in [1.807, 2.05) is 0 Å². The van der Waals surface area contributed by atoms with Crippen LogP contribution in [-0.2, 0) is 4.84 Å². The third-order valence-corrected chi connectivity index (χ3v) is 10.9. The van der Waals surface area contributed by atoms with Gasteiger partial charge in [-0.05, 0) is 59.7 Å². The van der Waals surface area contributed by atoms with Crippen LogP contribution < -0.4 is 5.39 Å². The first-order chi connectivity index (χ1) is 9.09. The third kappa shape index (κ3) is 1.17. The van der Waals surface area contributed by atoms with Crippen LogP contribution in [0.4, 0.5) is 0 Å². The lowest BCUT2D eigenvalue weighted by Crippen LogP contribution is -3.03. The Kier molecular flexibility index (Phi) is 2.55. The van der Waals surface area contributed by atoms with Gasteiger partial charge in [-0.1, -0.05) is 50.6 Å². The molecular formula is C13H17I2NO3. The molecule has 4 nitrogen and oxygen atoms in total. The molecule has 11 atom stereocenters. The minimum Gasteiger partial charge on any atom is -0.566 e. The molecule has 106 valence electrons. The second-order valence-electron chi connectivity index (χ2n) is 7.17. The molecule has 0 aromatic rings. The molecular weight excluding hydrogens is 472 g/mol. The maximum Gasteiger partial charge on any atom is 0.111 e. The van der Waals surface area contributed by atoms with Crippen molar-refractivity contribution >= 4 is 45.2 Å². The van der Waals surface area contributed by atoms with Crippen molar-refractivity contribution in [3.8, 4) is 0 Å². The summed E-state index contributed by atoms with van der Waals surface area (Å²) in [6.07, 6.45) is 2.47. The zero-order valence-electron chi connectivity index (χ0n) is 10.3. The van der Waals surface area contributed by atoms with E-state index < -0.39 is 5.39 Å². The first-order valence-corrected chi connectivity index (χ1v) is 9.72. The van der Waals surface area contributed by atoms with Crippen molar-refractivity contribution in [2.24, 2.45) is 46.8 Å². The number of quaternary nitrogens is 1. The summed E-state index contributed by atoms with van der Waals surface area (Å²) < 4.78 is 1.64. The van der Waals surface area contributed by atoms with Gasteiger partial charge in [-0.2, -0.15) is 10.0 Å². The summed E-state index contributed by atoms with van der Waals surface area (Å²) >= 11 is 5.44. The Morgan fingerprint density at radius 1 is 1.21 bits per heavy atom. The standard InChI is InChI=1S/C13H17I2NO3/c14-11-8-4-3-5-7-6(4)10(11)13(9(5)8,12(7)15)1-2-19-16(17)18/h4-12,16-17H,1-3H2/t4-,5+,6-,7-,8+,9+,10-,11+,12+,13-/m0/s1. The Morgan fingerprint density at radius 2 is 2.00 bits per heavy atom. The summed E-state index contributed by atoms with van der Waals surface area (Å²) in [5.41, 5.74) is 0.430. The first kappa shape index (κ1) is 12.8. The van der Waals surface area contributed by atoms with Crippen molar-refractivity contribution < 1.29 is 15.4 Å². The van der Waals surface area contributed by atoms with Gasteiger partial charge in [0.1, 0.15) is 6.61 Å². The second-order valence-corrected chi connectivity index (χ2v) is 9.95. The largest absolute Gasteiger partial charge is 0.566 e. The number of alkyl halides is 2. The fourth-order valence-electron chi connectivity index (χ4n) is 7.50. The monoisotopic (exact) mass is 489 g/mol. The van der Waals surface area contributed by atoms with E-state index in [1.54, 1.807) is 0 Å². The Morgan fingerprint density at radius 3 is 2.74 bits per heavy atom. The molecule has 0 heterocycles. The lowest BCUT2D eigenvalue weighted by atomic mass is 9.62. The number of hydrogen-bond acceptors (Lipinski definition) is 3. The maximum atomic E-state index is 10.6. The summed E-state index contributed by atoms with van der Waals surface area (Å²) in [6, 6.07) is 0.